The molecule has 0 fully saturated rings. The topological polar surface area (TPSA) is 63.6 Å². The number of ether oxygens (including phenoxy) is 1. The Kier molecular flexibility index (Phi) is 5.08. The molecule has 6 nitrogen and oxygen atoms in total. The van der Waals surface area contributed by atoms with E-state index in [1.54, 1.807) is 31.2 Å². The number of fused-ring (bicyclic) bond motifs is 3. The van der Waals surface area contributed by atoms with Gasteiger partial charge in [0, 0.05) is 17.6 Å². The Hall–Kier alpha value is -3.54. The minimum Gasteiger partial charge on any atom is -0.462 e. The van der Waals surface area contributed by atoms with Crippen molar-refractivity contribution in [2.75, 3.05) is 11.9 Å². The number of urea groups is 1. The number of nitrogens with one attached hydrogen (secondary N) is 1. The molecule has 29 heavy (non-hydrogen) atoms. The lowest BCUT2D eigenvalue weighted by atomic mass is 10.1. The van der Waals surface area contributed by atoms with E-state index < -0.39 is 0 Å². The van der Waals surface area contributed by atoms with Crippen LogP contribution in [0.5, 0.6) is 0 Å². The van der Waals surface area contributed by atoms with E-state index in [2.05, 4.69) is 16.0 Å². The Labute approximate surface area is 169 Å². The van der Waals surface area contributed by atoms with Crippen molar-refractivity contribution in [3.05, 3.63) is 83.7 Å². The van der Waals surface area contributed by atoms with Crippen molar-refractivity contribution in [1.29, 1.82) is 0 Å². The fraction of sp³-hybridized carbons (Fsp3) is 0.217. The molecular weight excluding hydrogens is 366 g/mol. The third-order valence-corrected chi connectivity index (χ3v) is 5.18. The van der Waals surface area contributed by atoms with Crippen LogP contribution in [0, 0.1) is 0 Å². The molecule has 2 amide bonds. The van der Waals surface area contributed by atoms with Crippen molar-refractivity contribution in [3.63, 3.8) is 0 Å². The maximum atomic E-state index is 13.1. The van der Waals surface area contributed by atoms with Crippen molar-refractivity contribution < 1.29 is 14.3 Å². The number of hydrogen-bond acceptors (Lipinski definition) is 3. The lowest BCUT2D eigenvalue weighted by Crippen LogP contribution is -2.36. The highest BCUT2D eigenvalue weighted by molar-refractivity contribution is 5.92. The Morgan fingerprint density at radius 3 is 2.59 bits per heavy atom. The van der Waals surface area contributed by atoms with Gasteiger partial charge in [0.1, 0.15) is 0 Å². The molecule has 0 aliphatic carbocycles. The number of carbonyl (C=O) groups is 2. The van der Waals surface area contributed by atoms with Gasteiger partial charge in [-0.2, -0.15) is 0 Å². The molecule has 0 bridgehead atoms. The van der Waals surface area contributed by atoms with E-state index in [4.69, 9.17) is 4.74 Å². The zero-order chi connectivity index (χ0) is 20.4. The van der Waals surface area contributed by atoms with Gasteiger partial charge < -0.3 is 19.5 Å². The summed E-state index contributed by atoms with van der Waals surface area (Å²) in [5.74, 6) is -0.371. The van der Waals surface area contributed by atoms with Gasteiger partial charge in [-0.3, -0.25) is 0 Å². The predicted molar refractivity (Wildman–Crippen MR) is 111 cm³/mol. The van der Waals surface area contributed by atoms with Crippen molar-refractivity contribution in [2.45, 2.75) is 26.4 Å². The first kappa shape index (κ1) is 18.8. The van der Waals surface area contributed by atoms with Crippen LogP contribution in [0.4, 0.5) is 10.5 Å². The van der Waals surface area contributed by atoms with Crippen LogP contribution in [0.3, 0.4) is 0 Å². The number of hydrogen-bond donors (Lipinski definition) is 1. The third-order valence-electron chi connectivity index (χ3n) is 5.18. The van der Waals surface area contributed by atoms with Crippen LogP contribution in [-0.4, -0.2) is 28.1 Å². The highest BCUT2D eigenvalue weighted by Gasteiger charge is 2.28. The van der Waals surface area contributed by atoms with E-state index in [0.717, 1.165) is 16.9 Å². The van der Waals surface area contributed by atoms with E-state index >= 15 is 0 Å². The molecule has 148 valence electrons. The van der Waals surface area contributed by atoms with Crippen LogP contribution in [0.15, 0.2) is 66.9 Å². The molecule has 1 aliphatic heterocycles. The third kappa shape index (κ3) is 3.61. The smallest absolute Gasteiger partial charge is 0.338 e. The van der Waals surface area contributed by atoms with Crippen LogP contribution in [0.1, 0.15) is 41.5 Å². The van der Waals surface area contributed by atoms with Gasteiger partial charge in [0.05, 0.1) is 30.4 Å². The SMILES string of the molecule is CCOC(=O)c1ccc(NC(=O)N2Cc3ccccc3-n3cccc3[C@H]2C)cc1. The predicted octanol–water partition coefficient (Wildman–Crippen LogP) is 4.76. The van der Waals surface area contributed by atoms with Gasteiger partial charge in [-0.05, 0) is 61.9 Å². The maximum Gasteiger partial charge on any atom is 0.338 e. The quantitative estimate of drug-likeness (QED) is 0.657. The number of carbonyl (C=O) groups excluding carboxylic acids is 2. The Morgan fingerprint density at radius 1 is 1.07 bits per heavy atom. The van der Waals surface area contributed by atoms with Crippen LogP contribution in [0.25, 0.3) is 5.69 Å². The first-order valence-electron chi connectivity index (χ1n) is 9.69. The lowest BCUT2D eigenvalue weighted by Gasteiger charge is -2.27. The van der Waals surface area contributed by atoms with Crippen molar-refractivity contribution in [2.24, 2.45) is 0 Å². The van der Waals surface area contributed by atoms with E-state index in [-0.39, 0.29) is 18.0 Å². The second-order valence-corrected chi connectivity index (χ2v) is 6.96. The van der Waals surface area contributed by atoms with Gasteiger partial charge >= 0.3 is 12.0 Å². The average Bonchev–Trinajstić information content (AvgIpc) is 3.18. The Bertz CT molecular complexity index is 1040. The van der Waals surface area contributed by atoms with Crippen LogP contribution >= 0.6 is 0 Å². The van der Waals surface area contributed by atoms with Crippen LogP contribution in [0.2, 0.25) is 0 Å². The van der Waals surface area contributed by atoms with Crippen molar-refractivity contribution in [1.82, 2.24) is 9.47 Å². The number of anilines is 1. The van der Waals surface area contributed by atoms with Crippen LogP contribution in [-0.2, 0) is 11.3 Å². The molecule has 1 aromatic heterocycles. The highest BCUT2D eigenvalue weighted by atomic mass is 16.5. The lowest BCUT2D eigenvalue weighted by molar-refractivity contribution is 0.0526. The molecular formula is C23H23N3O3. The standard InChI is InChI=1S/C23H23N3O3/c1-3-29-22(27)17-10-12-19(13-11-17)24-23(28)26-15-18-7-4-5-8-21(18)25-14-6-9-20(25)16(26)2/h4-14,16H,3,15H2,1-2H3,(H,24,28)/t16-/m1/s1. The fourth-order valence-electron chi connectivity index (χ4n) is 3.66. The summed E-state index contributed by atoms with van der Waals surface area (Å²) in [5, 5.41) is 2.95. The number of para-hydroxylation sites is 1. The molecule has 2 heterocycles. The largest absolute Gasteiger partial charge is 0.462 e. The zero-order valence-electron chi connectivity index (χ0n) is 16.5. The molecule has 2 aromatic carbocycles. The molecule has 6 heteroatoms. The molecule has 1 atom stereocenters. The molecule has 0 saturated heterocycles. The molecule has 1 aliphatic rings. The minimum absolute atomic E-state index is 0.101. The maximum absolute atomic E-state index is 13.1. The van der Waals surface area contributed by atoms with E-state index in [0.29, 0.717) is 24.4 Å². The summed E-state index contributed by atoms with van der Waals surface area (Å²) in [6, 6.07) is 18.6. The molecule has 4 rings (SSSR count). The van der Waals surface area contributed by atoms with Crippen LogP contribution < -0.4 is 5.32 Å². The zero-order valence-corrected chi connectivity index (χ0v) is 16.5. The average molecular weight is 389 g/mol. The summed E-state index contributed by atoms with van der Waals surface area (Å²) in [6.07, 6.45) is 2.03. The molecule has 0 spiro atoms. The summed E-state index contributed by atoms with van der Waals surface area (Å²) in [5.41, 5.74) is 4.32. The molecule has 0 unspecified atom stereocenters. The highest BCUT2D eigenvalue weighted by Crippen LogP contribution is 2.32. The van der Waals surface area contributed by atoms with E-state index in [1.807, 2.05) is 48.4 Å². The normalized spacial score (nSPS) is 15.1. The number of esters is 1. The summed E-state index contributed by atoms with van der Waals surface area (Å²) in [7, 11) is 0. The molecule has 0 saturated carbocycles. The van der Waals surface area contributed by atoms with Gasteiger partial charge in [-0.1, -0.05) is 18.2 Å². The monoisotopic (exact) mass is 389 g/mol. The summed E-state index contributed by atoms with van der Waals surface area (Å²) in [4.78, 5) is 26.7. The van der Waals surface area contributed by atoms with Crippen molar-refractivity contribution >= 4 is 17.7 Å². The minimum atomic E-state index is -0.371. The number of rotatable bonds is 3. The van der Waals surface area contributed by atoms with Gasteiger partial charge in [0.25, 0.3) is 0 Å². The first-order chi connectivity index (χ1) is 14.1. The number of benzene rings is 2. The summed E-state index contributed by atoms with van der Waals surface area (Å²) >= 11 is 0. The van der Waals surface area contributed by atoms with Crippen molar-refractivity contribution in [3.8, 4) is 5.69 Å². The fourth-order valence-corrected chi connectivity index (χ4v) is 3.66. The van der Waals surface area contributed by atoms with E-state index in [1.165, 1.54) is 0 Å². The second-order valence-electron chi connectivity index (χ2n) is 6.96. The molecule has 3 aromatic rings. The molecule has 0 radical (unpaired) electrons. The molecule has 1 N–H and O–H groups in total. The number of nitrogens with zero attached hydrogens (tertiary/aromatic N) is 2. The Balaban J connectivity index is 1.57. The van der Waals surface area contributed by atoms with Gasteiger partial charge in [0.15, 0.2) is 0 Å². The van der Waals surface area contributed by atoms with Gasteiger partial charge in [-0.15, -0.1) is 0 Å². The Morgan fingerprint density at radius 2 is 1.83 bits per heavy atom. The van der Waals surface area contributed by atoms with E-state index in [9.17, 15) is 9.59 Å². The summed E-state index contributed by atoms with van der Waals surface area (Å²) < 4.78 is 7.13. The van der Waals surface area contributed by atoms with Gasteiger partial charge in [-0.25, -0.2) is 9.59 Å². The van der Waals surface area contributed by atoms with Gasteiger partial charge in [0.2, 0.25) is 0 Å². The second kappa shape index (κ2) is 7.83. The first-order valence-corrected chi connectivity index (χ1v) is 9.69. The number of aromatic nitrogens is 1. The number of amides is 2. The summed E-state index contributed by atoms with van der Waals surface area (Å²) in [6.45, 7) is 4.63.